The molecule has 0 spiro atoms. The Kier molecular flexibility index (Phi) is 4.36. The lowest BCUT2D eigenvalue weighted by Gasteiger charge is -2.34. The van der Waals surface area contributed by atoms with E-state index in [1.165, 1.54) is 6.42 Å². The van der Waals surface area contributed by atoms with Crippen molar-refractivity contribution in [3.8, 4) is 0 Å². The van der Waals surface area contributed by atoms with Crippen molar-refractivity contribution in [2.24, 2.45) is 15.9 Å². The highest BCUT2D eigenvalue weighted by molar-refractivity contribution is 6.34. The van der Waals surface area contributed by atoms with E-state index in [9.17, 15) is 0 Å². The lowest BCUT2D eigenvalue weighted by atomic mass is 9.96. The molecule has 0 bridgehead atoms. The van der Waals surface area contributed by atoms with Crippen LogP contribution in [0.1, 0.15) is 12.8 Å². The van der Waals surface area contributed by atoms with Gasteiger partial charge in [-0.15, -0.1) is 0 Å². The topological polar surface area (TPSA) is 66.0 Å². The van der Waals surface area contributed by atoms with Gasteiger partial charge in [0, 0.05) is 25.7 Å². The van der Waals surface area contributed by atoms with Gasteiger partial charge in [0.25, 0.3) is 0 Å². The van der Waals surface area contributed by atoms with Crippen LogP contribution in [0.25, 0.3) is 0 Å². The molecule has 2 aliphatic heterocycles. The number of fused-ring (bicyclic) bond motifs is 1. The maximum Gasteiger partial charge on any atom is 0.113 e. The molecule has 2 atom stereocenters. The molecule has 6 heteroatoms. The summed E-state index contributed by atoms with van der Waals surface area (Å²) in [5.41, 5.74) is 2.38. The number of hydrogen-bond acceptors (Lipinski definition) is 5. The Labute approximate surface area is 126 Å². The first-order chi connectivity index (χ1) is 10.3. The Morgan fingerprint density at radius 3 is 3.14 bits per heavy atom. The molecule has 0 saturated carbocycles. The van der Waals surface area contributed by atoms with Crippen LogP contribution in [-0.4, -0.2) is 56.4 Å². The zero-order chi connectivity index (χ0) is 14.7. The maximum atomic E-state index is 5.76. The zero-order valence-corrected chi connectivity index (χ0v) is 12.1. The highest BCUT2D eigenvalue weighted by Crippen LogP contribution is 2.25. The van der Waals surface area contributed by atoms with Crippen LogP contribution in [0.3, 0.4) is 0 Å². The molecule has 2 radical (unpaired) electrons. The van der Waals surface area contributed by atoms with Crippen LogP contribution in [0.2, 0.25) is 0 Å². The Morgan fingerprint density at radius 2 is 2.33 bits per heavy atom. The monoisotopic (exact) mass is 281 g/mol. The van der Waals surface area contributed by atoms with E-state index in [2.05, 4.69) is 20.3 Å². The number of aliphatic imine (C=N–C) groups is 1. The molecule has 1 aromatic rings. The van der Waals surface area contributed by atoms with Crippen LogP contribution < -0.4 is 16.6 Å². The minimum absolute atomic E-state index is 0.284. The number of nitrogens with two attached hydrogens (primary N) is 1. The van der Waals surface area contributed by atoms with Gasteiger partial charge in [0.2, 0.25) is 0 Å². The molecule has 0 aromatic heterocycles. The molecule has 0 aliphatic carbocycles. The first kappa shape index (κ1) is 14.3. The summed E-state index contributed by atoms with van der Waals surface area (Å²) in [5.74, 6) is 5.60. The van der Waals surface area contributed by atoms with E-state index in [4.69, 9.17) is 13.7 Å². The molecule has 2 saturated heterocycles. The average Bonchev–Trinajstić information content (AvgIpc) is 2.92. The van der Waals surface area contributed by atoms with Crippen molar-refractivity contribution in [3.05, 3.63) is 24.3 Å². The molecule has 2 fully saturated rings. The summed E-state index contributed by atoms with van der Waals surface area (Å²) in [4.78, 5) is 6.96. The predicted octanol–water partition coefficient (Wildman–Crippen LogP) is -0.0664. The van der Waals surface area contributed by atoms with Gasteiger partial charge >= 0.3 is 0 Å². The van der Waals surface area contributed by atoms with Crippen LogP contribution in [0, 0.1) is 0 Å². The van der Waals surface area contributed by atoms with Gasteiger partial charge in [-0.2, -0.15) is 5.10 Å². The van der Waals surface area contributed by atoms with Crippen LogP contribution >= 0.6 is 0 Å². The number of piperazine rings is 1. The van der Waals surface area contributed by atoms with E-state index in [0.29, 0.717) is 11.5 Å². The molecular weight excluding hydrogens is 261 g/mol. The summed E-state index contributed by atoms with van der Waals surface area (Å²) in [6.07, 6.45) is 4.05. The van der Waals surface area contributed by atoms with Crippen molar-refractivity contribution in [1.29, 1.82) is 0 Å². The normalized spacial score (nSPS) is 27.1. The number of nitrogens with one attached hydrogen (secondary N) is 1. The zero-order valence-electron chi connectivity index (χ0n) is 12.1. The van der Waals surface area contributed by atoms with E-state index in [-0.39, 0.29) is 6.04 Å². The fourth-order valence-corrected chi connectivity index (χ4v) is 3.24. The highest BCUT2D eigenvalue weighted by Gasteiger charge is 2.37. The van der Waals surface area contributed by atoms with Gasteiger partial charge in [0.1, 0.15) is 7.85 Å². The van der Waals surface area contributed by atoms with Crippen molar-refractivity contribution >= 4 is 30.9 Å². The summed E-state index contributed by atoms with van der Waals surface area (Å²) in [6, 6.07) is 8.38. The Morgan fingerprint density at radius 1 is 1.43 bits per heavy atom. The minimum atomic E-state index is 0.284. The van der Waals surface area contributed by atoms with Crippen molar-refractivity contribution in [3.63, 3.8) is 0 Å². The molecule has 108 valence electrons. The molecule has 21 heavy (non-hydrogen) atoms. The second-order valence-corrected chi connectivity index (χ2v) is 5.60. The third-order valence-electron chi connectivity index (χ3n) is 4.28. The molecule has 1 aromatic carbocycles. The van der Waals surface area contributed by atoms with Gasteiger partial charge in [-0.25, -0.2) is 0 Å². The second kappa shape index (κ2) is 6.41. The van der Waals surface area contributed by atoms with E-state index in [1.54, 1.807) is 6.21 Å². The predicted molar refractivity (Wildman–Crippen MR) is 88.0 cm³/mol. The highest BCUT2D eigenvalue weighted by atomic mass is 15.3. The van der Waals surface area contributed by atoms with E-state index in [0.717, 1.165) is 37.5 Å². The number of hydrogen-bond donors (Lipinski definition) is 2. The van der Waals surface area contributed by atoms with Crippen molar-refractivity contribution in [2.45, 2.75) is 24.9 Å². The third-order valence-corrected chi connectivity index (χ3v) is 4.28. The fourth-order valence-electron chi connectivity index (χ4n) is 3.24. The summed E-state index contributed by atoms with van der Waals surface area (Å²) in [7, 11) is 5.76. The molecular formula is C15H20BN5. The lowest BCUT2D eigenvalue weighted by Crippen LogP contribution is -2.52. The van der Waals surface area contributed by atoms with E-state index < -0.39 is 0 Å². The summed E-state index contributed by atoms with van der Waals surface area (Å²) < 4.78 is 0. The summed E-state index contributed by atoms with van der Waals surface area (Å²) in [6.45, 7) is 3.12. The van der Waals surface area contributed by atoms with Gasteiger partial charge in [-0.3, -0.25) is 9.89 Å². The van der Waals surface area contributed by atoms with Crippen LogP contribution in [0.5, 0.6) is 0 Å². The first-order valence-electron chi connectivity index (χ1n) is 7.42. The lowest BCUT2D eigenvalue weighted by molar-refractivity contribution is 0.191. The summed E-state index contributed by atoms with van der Waals surface area (Å²) >= 11 is 0. The van der Waals surface area contributed by atoms with Gasteiger partial charge in [-0.1, -0.05) is 17.6 Å². The van der Waals surface area contributed by atoms with Gasteiger partial charge < -0.3 is 11.2 Å². The number of benzene rings is 1. The molecule has 0 amide bonds. The third kappa shape index (κ3) is 3.17. The summed E-state index contributed by atoms with van der Waals surface area (Å²) in [5, 5.41) is 7.41. The van der Waals surface area contributed by atoms with Gasteiger partial charge in [0.05, 0.1) is 23.7 Å². The second-order valence-electron chi connectivity index (χ2n) is 5.60. The molecule has 3 rings (SSSR count). The van der Waals surface area contributed by atoms with Gasteiger partial charge in [0.15, 0.2) is 0 Å². The number of rotatable bonds is 3. The Hall–Kier alpha value is -1.66. The van der Waals surface area contributed by atoms with Crippen LogP contribution in [-0.2, 0) is 0 Å². The molecule has 3 N–H and O–H groups in total. The smallest absolute Gasteiger partial charge is 0.113 e. The molecule has 2 aliphatic rings. The SMILES string of the molecule is [B]c1cccc(N=CC(=NN)[C@H]2CC[C@H]3CNCCN32)c1. The number of nitrogens with zero attached hydrogens (tertiary/aromatic N) is 3. The first-order valence-corrected chi connectivity index (χ1v) is 7.42. The van der Waals surface area contributed by atoms with Crippen LogP contribution in [0.15, 0.2) is 34.4 Å². The fraction of sp³-hybridized carbons (Fsp3) is 0.467. The van der Waals surface area contributed by atoms with E-state index in [1.807, 2.05) is 24.3 Å². The van der Waals surface area contributed by atoms with Crippen molar-refractivity contribution in [2.75, 3.05) is 19.6 Å². The standard InChI is InChI=1S/C15H20BN5/c16-11-2-1-3-12(8-11)19-10-14(20-17)15-5-4-13-9-18-6-7-21(13)15/h1-3,8,10,13,15,18H,4-7,9,17H2/t13-,15+/m0/s1. The molecule has 5 nitrogen and oxygen atoms in total. The van der Waals surface area contributed by atoms with Crippen molar-refractivity contribution < 1.29 is 0 Å². The maximum absolute atomic E-state index is 5.76. The quantitative estimate of drug-likeness (QED) is 0.353. The number of hydrazone groups is 1. The Balaban J connectivity index is 1.74. The molecule has 2 heterocycles. The van der Waals surface area contributed by atoms with Crippen LogP contribution in [0.4, 0.5) is 5.69 Å². The van der Waals surface area contributed by atoms with Gasteiger partial charge in [-0.05, 0) is 25.0 Å². The van der Waals surface area contributed by atoms with E-state index >= 15 is 0 Å². The molecule has 0 unspecified atom stereocenters. The van der Waals surface area contributed by atoms with Crippen molar-refractivity contribution in [1.82, 2.24) is 10.2 Å². The minimum Gasteiger partial charge on any atom is -0.323 e. The largest absolute Gasteiger partial charge is 0.323 e. The average molecular weight is 281 g/mol. The Bertz CT molecular complexity index is 557.